The molecule has 21 heavy (non-hydrogen) atoms. The molecule has 0 amide bonds. The molecule has 112 valence electrons. The molecule has 1 fully saturated rings. The molecule has 2 N–H and O–H groups in total. The van der Waals surface area contributed by atoms with Gasteiger partial charge in [-0.2, -0.15) is 4.98 Å². The Hall–Kier alpha value is -1.72. The maximum absolute atomic E-state index is 5.90. The zero-order chi connectivity index (χ0) is 14.7. The van der Waals surface area contributed by atoms with Gasteiger partial charge in [0.15, 0.2) is 0 Å². The van der Waals surface area contributed by atoms with Crippen molar-refractivity contribution in [3.8, 4) is 11.4 Å². The molecule has 2 aromatic rings. The van der Waals surface area contributed by atoms with Gasteiger partial charge < -0.3 is 10.3 Å². The van der Waals surface area contributed by atoms with Gasteiger partial charge in [0, 0.05) is 18.2 Å². The van der Waals surface area contributed by atoms with Crippen LogP contribution in [0.2, 0.25) is 0 Å². The van der Waals surface area contributed by atoms with Gasteiger partial charge in [-0.3, -0.25) is 4.90 Å². The number of hydrogen-bond acceptors (Lipinski definition) is 5. The van der Waals surface area contributed by atoms with Crippen molar-refractivity contribution in [2.24, 2.45) is 11.7 Å². The van der Waals surface area contributed by atoms with Crippen molar-refractivity contribution in [2.75, 3.05) is 13.1 Å². The second-order valence-electron chi connectivity index (χ2n) is 5.87. The SMILES string of the molecule is CC1CCN(Cc2nc(-c3ccccc3)no2)C(CN)C1. The van der Waals surface area contributed by atoms with Gasteiger partial charge in [0.25, 0.3) is 0 Å². The third-order valence-corrected chi connectivity index (χ3v) is 4.21. The Labute approximate surface area is 125 Å². The highest BCUT2D eigenvalue weighted by Crippen LogP contribution is 2.24. The fraction of sp³-hybridized carbons (Fsp3) is 0.500. The van der Waals surface area contributed by atoms with Gasteiger partial charge in [-0.25, -0.2) is 0 Å². The van der Waals surface area contributed by atoms with Crippen LogP contribution in [0.3, 0.4) is 0 Å². The molecule has 0 bridgehead atoms. The highest BCUT2D eigenvalue weighted by Gasteiger charge is 2.26. The minimum absolute atomic E-state index is 0.417. The molecule has 0 aliphatic carbocycles. The number of nitrogens with zero attached hydrogens (tertiary/aromatic N) is 3. The monoisotopic (exact) mass is 286 g/mol. The summed E-state index contributed by atoms with van der Waals surface area (Å²) in [7, 11) is 0. The molecule has 3 rings (SSSR count). The van der Waals surface area contributed by atoms with Crippen LogP contribution in [-0.4, -0.2) is 34.2 Å². The van der Waals surface area contributed by atoms with E-state index in [0.717, 1.165) is 24.4 Å². The first-order valence-electron chi connectivity index (χ1n) is 7.58. The standard InChI is InChI=1S/C16H22N4O/c1-12-7-8-20(14(9-12)10-17)11-15-18-16(19-21-15)13-5-3-2-4-6-13/h2-6,12,14H,7-11,17H2,1H3. The molecule has 2 unspecified atom stereocenters. The Bertz CT molecular complexity index is 569. The lowest BCUT2D eigenvalue weighted by Gasteiger charge is -2.36. The van der Waals surface area contributed by atoms with Crippen LogP contribution in [0.4, 0.5) is 0 Å². The van der Waals surface area contributed by atoms with Gasteiger partial charge in [0.05, 0.1) is 6.54 Å². The smallest absolute Gasteiger partial charge is 0.241 e. The molecular formula is C16H22N4O. The largest absolute Gasteiger partial charge is 0.338 e. The molecule has 2 heterocycles. The van der Waals surface area contributed by atoms with E-state index >= 15 is 0 Å². The van der Waals surface area contributed by atoms with E-state index in [1.807, 2.05) is 30.3 Å². The van der Waals surface area contributed by atoms with Crippen LogP contribution in [0.25, 0.3) is 11.4 Å². The second kappa shape index (κ2) is 6.37. The summed E-state index contributed by atoms with van der Waals surface area (Å²) in [6, 6.07) is 10.3. The normalized spacial score (nSPS) is 23.3. The molecule has 1 saturated heterocycles. The third kappa shape index (κ3) is 3.31. The number of benzene rings is 1. The average molecular weight is 286 g/mol. The first kappa shape index (κ1) is 14.2. The summed E-state index contributed by atoms with van der Waals surface area (Å²) in [5.41, 5.74) is 6.88. The van der Waals surface area contributed by atoms with Crippen LogP contribution < -0.4 is 5.73 Å². The molecule has 0 radical (unpaired) electrons. The van der Waals surface area contributed by atoms with E-state index in [4.69, 9.17) is 10.3 Å². The Balaban J connectivity index is 1.69. The molecular weight excluding hydrogens is 264 g/mol. The highest BCUT2D eigenvalue weighted by atomic mass is 16.5. The number of piperidine rings is 1. The van der Waals surface area contributed by atoms with Crippen molar-refractivity contribution in [3.63, 3.8) is 0 Å². The van der Waals surface area contributed by atoms with Crippen molar-refractivity contribution in [1.29, 1.82) is 0 Å². The van der Waals surface area contributed by atoms with Gasteiger partial charge >= 0.3 is 0 Å². The average Bonchev–Trinajstić information content (AvgIpc) is 2.98. The van der Waals surface area contributed by atoms with Crippen LogP contribution in [0.5, 0.6) is 0 Å². The number of hydrogen-bond donors (Lipinski definition) is 1. The van der Waals surface area contributed by atoms with Gasteiger partial charge in [0.1, 0.15) is 0 Å². The summed E-state index contributed by atoms with van der Waals surface area (Å²) in [5, 5.41) is 4.07. The lowest BCUT2D eigenvalue weighted by Crippen LogP contribution is -2.45. The van der Waals surface area contributed by atoms with E-state index < -0.39 is 0 Å². The first-order valence-corrected chi connectivity index (χ1v) is 7.58. The fourth-order valence-corrected chi connectivity index (χ4v) is 2.95. The molecule has 1 aliphatic heterocycles. The molecule has 0 spiro atoms. The minimum Gasteiger partial charge on any atom is -0.338 e. The Morgan fingerprint density at radius 2 is 2.14 bits per heavy atom. The molecule has 2 atom stereocenters. The second-order valence-corrected chi connectivity index (χ2v) is 5.87. The molecule has 0 saturated carbocycles. The summed E-state index contributed by atoms with van der Waals surface area (Å²) in [6.45, 7) is 4.71. The molecule has 5 nitrogen and oxygen atoms in total. The van der Waals surface area contributed by atoms with Crippen LogP contribution in [0.1, 0.15) is 25.7 Å². The number of aromatic nitrogens is 2. The van der Waals surface area contributed by atoms with E-state index in [1.54, 1.807) is 0 Å². The van der Waals surface area contributed by atoms with E-state index in [1.165, 1.54) is 6.42 Å². The van der Waals surface area contributed by atoms with Gasteiger partial charge in [-0.05, 0) is 25.3 Å². The Morgan fingerprint density at radius 1 is 1.33 bits per heavy atom. The molecule has 5 heteroatoms. The third-order valence-electron chi connectivity index (χ3n) is 4.21. The van der Waals surface area contributed by atoms with Gasteiger partial charge in [-0.1, -0.05) is 42.4 Å². The lowest BCUT2D eigenvalue weighted by molar-refractivity contribution is 0.102. The van der Waals surface area contributed by atoms with Crippen molar-refractivity contribution in [3.05, 3.63) is 36.2 Å². The van der Waals surface area contributed by atoms with E-state index in [2.05, 4.69) is 22.0 Å². The number of nitrogens with two attached hydrogens (primary N) is 1. The number of rotatable bonds is 4. The maximum atomic E-state index is 5.90. The van der Waals surface area contributed by atoms with E-state index in [9.17, 15) is 0 Å². The van der Waals surface area contributed by atoms with Crippen molar-refractivity contribution in [1.82, 2.24) is 15.0 Å². The zero-order valence-electron chi connectivity index (χ0n) is 12.4. The summed E-state index contributed by atoms with van der Waals surface area (Å²) >= 11 is 0. The number of likely N-dealkylation sites (tertiary alicyclic amines) is 1. The van der Waals surface area contributed by atoms with Crippen LogP contribution >= 0.6 is 0 Å². The zero-order valence-corrected chi connectivity index (χ0v) is 12.4. The molecule has 1 aromatic carbocycles. The molecule has 1 aliphatic rings. The maximum Gasteiger partial charge on any atom is 0.241 e. The highest BCUT2D eigenvalue weighted by molar-refractivity contribution is 5.53. The molecule has 1 aromatic heterocycles. The van der Waals surface area contributed by atoms with E-state index in [0.29, 0.717) is 30.8 Å². The van der Waals surface area contributed by atoms with Crippen molar-refractivity contribution < 1.29 is 4.52 Å². The quantitative estimate of drug-likeness (QED) is 0.934. The fourth-order valence-electron chi connectivity index (χ4n) is 2.95. The van der Waals surface area contributed by atoms with Crippen LogP contribution in [-0.2, 0) is 6.54 Å². The predicted octanol–water partition coefficient (Wildman–Crippen LogP) is 2.30. The van der Waals surface area contributed by atoms with Gasteiger partial charge in [-0.15, -0.1) is 0 Å². The Kier molecular flexibility index (Phi) is 4.31. The predicted molar refractivity (Wildman–Crippen MR) is 81.4 cm³/mol. The first-order chi connectivity index (χ1) is 10.3. The Morgan fingerprint density at radius 3 is 2.90 bits per heavy atom. The van der Waals surface area contributed by atoms with Crippen LogP contribution in [0.15, 0.2) is 34.9 Å². The summed E-state index contributed by atoms with van der Waals surface area (Å²) in [4.78, 5) is 6.87. The minimum atomic E-state index is 0.417. The topological polar surface area (TPSA) is 68.2 Å². The van der Waals surface area contributed by atoms with Crippen molar-refractivity contribution >= 4 is 0 Å². The van der Waals surface area contributed by atoms with Gasteiger partial charge in [0.2, 0.25) is 11.7 Å². The summed E-state index contributed by atoms with van der Waals surface area (Å²) in [6.07, 6.45) is 2.35. The van der Waals surface area contributed by atoms with E-state index in [-0.39, 0.29) is 0 Å². The summed E-state index contributed by atoms with van der Waals surface area (Å²) < 4.78 is 5.40. The summed E-state index contributed by atoms with van der Waals surface area (Å²) in [5.74, 6) is 2.07. The lowest BCUT2D eigenvalue weighted by atomic mass is 9.92. The van der Waals surface area contributed by atoms with Crippen molar-refractivity contribution in [2.45, 2.75) is 32.4 Å². The van der Waals surface area contributed by atoms with Crippen LogP contribution in [0, 0.1) is 5.92 Å².